The predicted molar refractivity (Wildman–Crippen MR) is 82.0 cm³/mol. The van der Waals surface area contributed by atoms with Gasteiger partial charge in [0.1, 0.15) is 5.69 Å². The van der Waals surface area contributed by atoms with Gasteiger partial charge in [-0.2, -0.15) is 0 Å². The summed E-state index contributed by atoms with van der Waals surface area (Å²) in [7, 11) is 0. The van der Waals surface area contributed by atoms with E-state index in [0.29, 0.717) is 9.90 Å². The minimum absolute atomic E-state index is 0.0592. The molecule has 2 heterocycles. The van der Waals surface area contributed by atoms with Crippen molar-refractivity contribution in [2.45, 2.75) is 13.0 Å². The van der Waals surface area contributed by atoms with Crippen LogP contribution in [0, 0.1) is 0 Å². The minimum Gasteiger partial charge on any atom is -0.409 e. The smallest absolute Gasteiger partial charge is 0.270 e. The Labute approximate surface area is 130 Å². The number of halogens is 1. The zero-order chi connectivity index (χ0) is 15.4. The number of thiophene rings is 1. The maximum Gasteiger partial charge on any atom is 0.270 e. The van der Waals surface area contributed by atoms with Gasteiger partial charge in [-0.05, 0) is 31.2 Å². The van der Waals surface area contributed by atoms with E-state index in [1.165, 1.54) is 23.6 Å². The summed E-state index contributed by atoms with van der Waals surface area (Å²) in [4.78, 5) is 17.0. The van der Waals surface area contributed by atoms with E-state index in [2.05, 4.69) is 15.5 Å². The van der Waals surface area contributed by atoms with Crippen LogP contribution in [-0.4, -0.2) is 21.9 Å². The third-order valence-corrected chi connectivity index (χ3v) is 4.18. The third-order valence-electron chi connectivity index (χ3n) is 2.77. The molecule has 1 amide bonds. The monoisotopic (exact) mass is 324 g/mol. The van der Waals surface area contributed by atoms with Crippen molar-refractivity contribution < 1.29 is 10.0 Å². The first-order valence-corrected chi connectivity index (χ1v) is 7.20. The van der Waals surface area contributed by atoms with Gasteiger partial charge in [-0.25, -0.2) is 0 Å². The van der Waals surface area contributed by atoms with Crippen molar-refractivity contribution in [1.29, 1.82) is 0 Å². The number of rotatable bonds is 4. The van der Waals surface area contributed by atoms with E-state index < -0.39 is 0 Å². The summed E-state index contributed by atoms with van der Waals surface area (Å²) in [6.07, 6.45) is 1.37. The molecule has 1 unspecified atom stereocenters. The fraction of sp³-hybridized carbons (Fsp3) is 0.154. The number of amidine groups is 1. The lowest BCUT2D eigenvalue weighted by Crippen LogP contribution is -2.27. The van der Waals surface area contributed by atoms with E-state index in [9.17, 15) is 4.79 Å². The SMILES string of the molecule is CC(NC(=O)c1ccc(C(N)=NO)cn1)c1ccc(Cl)s1. The number of nitrogens with two attached hydrogens (primary N) is 1. The summed E-state index contributed by atoms with van der Waals surface area (Å²) in [6.45, 7) is 1.87. The van der Waals surface area contributed by atoms with Crippen molar-refractivity contribution in [3.05, 3.63) is 50.9 Å². The molecular weight excluding hydrogens is 312 g/mol. The van der Waals surface area contributed by atoms with Crippen molar-refractivity contribution in [3.8, 4) is 0 Å². The molecule has 0 bridgehead atoms. The van der Waals surface area contributed by atoms with Gasteiger partial charge >= 0.3 is 0 Å². The number of nitrogens with zero attached hydrogens (tertiary/aromatic N) is 2. The highest BCUT2D eigenvalue weighted by Crippen LogP contribution is 2.26. The number of oxime groups is 1. The summed E-state index contributed by atoms with van der Waals surface area (Å²) in [5.41, 5.74) is 6.11. The summed E-state index contributed by atoms with van der Waals surface area (Å²) in [5.74, 6) is -0.367. The van der Waals surface area contributed by atoms with Gasteiger partial charge in [0.15, 0.2) is 5.84 Å². The average Bonchev–Trinajstić information content (AvgIpc) is 2.93. The normalized spacial score (nSPS) is 13.0. The summed E-state index contributed by atoms with van der Waals surface area (Å²) in [6, 6.07) is 6.56. The van der Waals surface area contributed by atoms with Gasteiger partial charge in [0.25, 0.3) is 5.91 Å². The van der Waals surface area contributed by atoms with Crippen LogP contribution in [0.15, 0.2) is 35.6 Å². The zero-order valence-electron chi connectivity index (χ0n) is 11.1. The molecule has 2 rings (SSSR count). The predicted octanol–water partition coefficient (Wildman–Crippen LogP) is 2.38. The van der Waals surface area contributed by atoms with E-state index in [-0.39, 0.29) is 23.5 Å². The van der Waals surface area contributed by atoms with Crippen molar-refractivity contribution in [1.82, 2.24) is 10.3 Å². The molecule has 21 heavy (non-hydrogen) atoms. The standard InChI is InChI=1S/C13H13ClN4O2S/c1-7(10-4-5-11(14)21-10)17-13(19)9-3-2-8(6-16-9)12(15)18-20/h2-7,20H,1H3,(H2,15,18)(H,17,19). The van der Waals surface area contributed by atoms with Gasteiger partial charge in [0.05, 0.1) is 10.4 Å². The lowest BCUT2D eigenvalue weighted by Gasteiger charge is -2.11. The van der Waals surface area contributed by atoms with Crippen LogP contribution in [0.5, 0.6) is 0 Å². The second kappa shape index (κ2) is 6.55. The first-order chi connectivity index (χ1) is 10.0. The van der Waals surface area contributed by atoms with Gasteiger partial charge < -0.3 is 16.3 Å². The largest absolute Gasteiger partial charge is 0.409 e. The molecule has 2 aromatic rings. The Morgan fingerprint density at radius 2 is 2.24 bits per heavy atom. The van der Waals surface area contributed by atoms with Crippen molar-refractivity contribution in [2.24, 2.45) is 10.9 Å². The van der Waals surface area contributed by atoms with Crippen LogP contribution in [0.4, 0.5) is 0 Å². The van der Waals surface area contributed by atoms with Crippen molar-refractivity contribution >= 4 is 34.7 Å². The number of hydrogen-bond acceptors (Lipinski definition) is 5. The van der Waals surface area contributed by atoms with Crippen LogP contribution < -0.4 is 11.1 Å². The Hall–Kier alpha value is -2.12. The molecule has 6 nitrogen and oxygen atoms in total. The van der Waals surface area contributed by atoms with Crippen LogP contribution >= 0.6 is 22.9 Å². The minimum atomic E-state index is -0.307. The van der Waals surface area contributed by atoms with Crippen molar-refractivity contribution in [2.75, 3.05) is 0 Å². The number of amides is 1. The number of hydrogen-bond donors (Lipinski definition) is 3. The second-order valence-electron chi connectivity index (χ2n) is 4.25. The lowest BCUT2D eigenvalue weighted by molar-refractivity contribution is 0.0935. The second-order valence-corrected chi connectivity index (χ2v) is 6.00. The first-order valence-electron chi connectivity index (χ1n) is 6.01. The molecule has 2 aromatic heterocycles. The molecule has 110 valence electrons. The number of pyridine rings is 1. The maximum atomic E-state index is 12.1. The van der Waals surface area contributed by atoms with Crippen LogP contribution in [-0.2, 0) is 0 Å². The van der Waals surface area contributed by atoms with E-state index in [4.69, 9.17) is 22.5 Å². The Bertz CT molecular complexity index is 669. The summed E-state index contributed by atoms with van der Waals surface area (Å²) in [5, 5.41) is 14.3. The molecule has 0 aliphatic rings. The quantitative estimate of drug-likeness (QED) is 0.348. The zero-order valence-corrected chi connectivity index (χ0v) is 12.6. The van der Waals surface area contributed by atoms with Crippen LogP contribution in [0.2, 0.25) is 4.34 Å². The maximum absolute atomic E-state index is 12.1. The molecule has 0 aliphatic carbocycles. The topological polar surface area (TPSA) is 101 Å². The summed E-state index contributed by atoms with van der Waals surface area (Å²) < 4.78 is 0.673. The summed E-state index contributed by atoms with van der Waals surface area (Å²) >= 11 is 7.28. The molecule has 4 N–H and O–H groups in total. The van der Waals surface area contributed by atoms with Crippen LogP contribution in [0.25, 0.3) is 0 Å². The van der Waals surface area contributed by atoms with Gasteiger partial charge in [-0.3, -0.25) is 9.78 Å². The van der Waals surface area contributed by atoms with E-state index >= 15 is 0 Å². The van der Waals surface area contributed by atoms with Crippen LogP contribution in [0.1, 0.15) is 33.9 Å². The highest BCUT2D eigenvalue weighted by molar-refractivity contribution is 7.16. The highest BCUT2D eigenvalue weighted by Gasteiger charge is 2.14. The van der Waals surface area contributed by atoms with Gasteiger partial charge in [0, 0.05) is 16.6 Å². The van der Waals surface area contributed by atoms with Gasteiger partial charge in [-0.15, -0.1) is 11.3 Å². The Morgan fingerprint density at radius 3 is 2.76 bits per heavy atom. The first kappa shape index (κ1) is 15.3. The Balaban J connectivity index is 2.06. The molecule has 0 radical (unpaired) electrons. The molecule has 0 aromatic carbocycles. The molecule has 1 atom stereocenters. The third kappa shape index (κ3) is 3.71. The molecule has 0 saturated carbocycles. The lowest BCUT2D eigenvalue weighted by atomic mass is 10.2. The van der Waals surface area contributed by atoms with Gasteiger partial charge in [0.2, 0.25) is 0 Å². The molecule has 0 spiro atoms. The molecular formula is C13H13ClN4O2S. The fourth-order valence-electron chi connectivity index (χ4n) is 1.64. The Morgan fingerprint density at radius 1 is 1.48 bits per heavy atom. The van der Waals surface area contributed by atoms with Crippen molar-refractivity contribution in [3.63, 3.8) is 0 Å². The Kier molecular flexibility index (Phi) is 4.77. The molecule has 0 fully saturated rings. The number of carbonyl (C=O) groups excluding carboxylic acids is 1. The van der Waals surface area contributed by atoms with Gasteiger partial charge in [-0.1, -0.05) is 16.8 Å². The number of aromatic nitrogens is 1. The van der Waals surface area contributed by atoms with Crippen LogP contribution in [0.3, 0.4) is 0 Å². The fourth-order valence-corrected chi connectivity index (χ4v) is 2.70. The highest BCUT2D eigenvalue weighted by atomic mass is 35.5. The molecule has 0 aliphatic heterocycles. The van der Waals surface area contributed by atoms with E-state index in [1.807, 2.05) is 13.0 Å². The number of carbonyl (C=O) groups is 1. The number of nitrogens with one attached hydrogen (secondary N) is 1. The van der Waals surface area contributed by atoms with E-state index in [0.717, 1.165) is 4.88 Å². The van der Waals surface area contributed by atoms with E-state index in [1.54, 1.807) is 12.1 Å². The average molecular weight is 325 g/mol. The molecule has 8 heteroatoms. The molecule has 0 saturated heterocycles.